The van der Waals surface area contributed by atoms with Crippen molar-refractivity contribution in [3.05, 3.63) is 59.3 Å². The maximum atomic E-state index is 12.8. The average Bonchev–Trinajstić information content (AvgIpc) is 3.21. The zero-order chi connectivity index (χ0) is 25.5. The number of carbonyl (C=O) groups excluding carboxylic acids is 1. The van der Waals surface area contributed by atoms with Crippen LogP contribution in [-0.4, -0.2) is 85.8 Å². The molecule has 5 rings (SSSR count). The van der Waals surface area contributed by atoms with Crippen LogP contribution in [0.25, 0.3) is 0 Å². The number of anilines is 1. The molecule has 7 nitrogen and oxygen atoms in total. The molecule has 37 heavy (non-hydrogen) atoms. The molecule has 3 aliphatic heterocycles. The molecule has 0 aliphatic carbocycles. The zero-order valence-electron chi connectivity index (χ0n) is 22.4. The Morgan fingerprint density at radius 3 is 2.57 bits per heavy atom. The molecule has 0 spiro atoms. The number of amides is 1. The van der Waals surface area contributed by atoms with Crippen LogP contribution in [0, 0.1) is 12.8 Å². The largest absolute Gasteiger partial charge is 0.381 e. The number of benzene rings is 1. The van der Waals surface area contributed by atoms with Crippen molar-refractivity contribution in [2.75, 3.05) is 63.9 Å². The number of aryl methyl sites for hydroxylation is 1. The second-order valence-corrected chi connectivity index (χ2v) is 11.0. The second-order valence-electron chi connectivity index (χ2n) is 11.0. The van der Waals surface area contributed by atoms with E-state index in [-0.39, 0.29) is 5.91 Å². The van der Waals surface area contributed by atoms with Crippen LogP contribution in [0.3, 0.4) is 0 Å². The lowest BCUT2D eigenvalue weighted by atomic mass is 10.0. The van der Waals surface area contributed by atoms with Crippen molar-refractivity contribution in [1.82, 2.24) is 20.1 Å². The van der Waals surface area contributed by atoms with Crippen molar-refractivity contribution in [2.24, 2.45) is 5.92 Å². The molecule has 1 N–H and O–H groups in total. The number of nitrogens with zero attached hydrogens (tertiary/aromatic N) is 4. The van der Waals surface area contributed by atoms with Crippen LogP contribution in [0.15, 0.2) is 42.5 Å². The van der Waals surface area contributed by atoms with Gasteiger partial charge in [-0.05, 0) is 81.3 Å². The summed E-state index contributed by atoms with van der Waals surface area (Å²) in [5.41, 5.74) is 3.37. The summed E-state index contributed by atoms with van der Waals surface area (Å²) < 4.78 is 5.42. The smallest absolute Gasteiger partial charge is 0.269 e. The summed E-state index contributed by atoms with van der Waals surface area (Å²) >= 11 is 0. The van der Waals surface area contributed by atoms with Gasteiger partial charge < -0.3 is 15.0 Å². The number of likely N-dealkylation sites (tertiary alicyclic amines) is 1. The van der Waals surface area contributed by atoms with Crippen molar-refractivity contribution in [1.29, 1.82) is 0 Å². The van der Waals surface area contributed by atoms with Crippen molar-refractivity contribution < 1.29 is 9.53 Å². The van der Waals surface area contributed by atoms with E-state index in [1.807, 2.05) is 12.1 Å². The highest BCUT2D eigenvalue weighted by Gasteiger charge is 2.27. The maximum Gasteiger partial charge on any atom is 0.269 e. The van der Waals surface area contributed by atoms with E-state index in [9.17, 15) is 4.79 Å². The Morgan fingerprint density at radius 1 is 0.946 bits per heavy atom. The van der Waals surface area contributed by atoms with Crippen molar-refractivity contribution in [2.45, 2.75) is 51.6 Å². The lowest BCUT2D eigenvalue weighted by Gasteiger charge is -2.38. The molecule has 0 radical (unpaired) electrons. The lowest BCUT2D eigenvalue weighted by molar-refractivity contribution is 0.0642. The van der Waals surface area contributed by atoms with E-state index in [0.29, 0.717) is 24.2 Å². The summed E-state index contributed by atoms with van der Waals surface area (Å²) in [6, 6.07) is 15.3. The molecule has 3 aliphatic rings. The van der Waals surface area contributed by atoms with Crippen molar-refractivity contribution in [3.8, 4) is 0 Å². The molecular weight excluding hydrogens is 462 g/mol. The number of nitrogens with one attached hydrogen (secondary N) is 1. The van der Waals surface area contributed by atoms with Crippen LogP contribution in [0.5, 0.6) is 0 Å². The van der Waals surface area contributed by atoms with Gasteiger partial charge in [0.15, 0.2) is 0 Å². The molecule has 3 fully saturated rings. The van der Waals surface area contributed by atoms with Gasteiger partial charge in [0, 0.05) is 58.5 Å². The van der Waals surface area contributed by atoms with Gasteiger partial charge in [0.2, 0.25) is 0 Å². The van der Waals surface area contributed by atoms with Gasteiger partial charge in [-0.2, -0.15) is 0 Å². The molecule has 0 atom stereocenters. The fraction of sp³-hybridized carbons (Fsp3) is 0.600. The predicted molar refractivity (Wildman–Crippen MR) is 148 cm³/mol. The van der Waals surface area contributed by atoms with Gasteiger partial charge in [0.25, 0.3) is 5.91 Å². The van der Waals surface area contributed by atoms with Crippen LogP contribution >= 0.6 is 0 Å². The molecule has 4 heterocycles. The highest BCUT2D eigenvalue weighted by Crippen LogP contribution is 2.22. The van der Waals surface area contributed by atoms with Gasteiger partial charge in [-0.3, -0.25) is 14.6 Å². The first kappa shape index (κ1) is 26.1. The lowest BCUT2D eigenvalue weighted by Crippen LogP contribution is -2.46. The topological polar surface area (TPSA) is 60.9 Å². The highest BCUT2D eigenvalue weighted by atomic mass is 16.5. The molecule has 0 saturated carbocycles. The number of carbonyl (C=O) groups is 1. The fourth-order valence-corrected chi connectivity index (χ4v) is 6.01. The molecule has 200 valence electrons. The van der Waals surface area contributed by atoms with E-state index < -0.39 is 0 Å². The van der Waals surface area contributed by atoms with Crippen LogP contribution in [-0.2, 0) is 11.3 Å². The van der Waals surface area contributed by atoms with Gasteiger partial charge in [-0.15, -0.1) is 0 Å². The summed E-state index contributed by atoms with van der Waals surface area (Å²) in [4.78, 5) is 25.2. The molecule has 0 bridgehead atoms. The zero-order valence-corrected chi connectivity index (χ0v) is 22.4. The van der Waals surface area contributed by atoms with Crippen molar-refractivity contribution in [3.63, 3.8) is 0 Å². The third-order valence-electron chi connectivity index (χ3n) is 8.44. The standard InChI is InChI=1S/C30H43N5O2/c1-24-6-2-3-7-26(24)23-33-16-10-27(11-17-33)34-14-5-15-35(19-18-34)29-9-4-8-28(32-29)30(36)31-22-25-12-20-37-21-13-25/h2-4,6-9,25,27H,5,10-23H2,1H3,(H,31,36). The predicted octanol–water partition coefficient (Wildman–Crippen LogP) is 3.72. The van der Waals surface area contributed by atoms with E-state index >= 15 is 0 Å². The Bertz CT molecular complexity index is 1020. The van der Waals surface area contributed by atoms with Crippen LogP contribution in [0.1, 0.15) is 53.7 Å². The quantitative estimate of drug-likeness (QED) is 0.619. The van der Waals surface area contributed by atoms with Gasteiger partial charge in [0.1, 0.15) is 11.5 Å². The SMILES string of the molecule is Cc1ccccc1CN1CCC(N2CCCN(c3cccc(C(=O)NCC4CCOCC4)n3)CC2)CC1. The van der Waals surface area contributed by atoms with Gasteiger partial charge in [-0.1, -0.05) is 30.3 Å². The van der Waals surface area contributed by atoms with Gasteiger partial charge in [0.05, 0.1) is 0 Å². The molecular formula is C30H43N5O2. The molecule has 7 heteroatoms. The minimum absolute atomic E-state index is 0.0674. The minimum Gasteiger partial charge on any atom is -0.381 e. The van der Waals surface area contributed by atoms with Gasteiger partial charge in [-0.25, -0.2) is 4.98 Å². The van der Waals surface area contributed by atoms with Crippen molar-refractivity contribution >= 4 is 11.7 Å². The van der Waals surface area contributed by atoms with E-state index in [2.05, 4.69) is 57.3 Å². The first-order chi connectivity index (χ1) is 18.2. The second kappa shape index (κ2) is 12.9. The van der Waals surface area contributed by atoms with E-state index in [1.165, 1.54) is 37.1 Å². The first-order valence-corrected chi connectivity index (χ1v) is 14.2. The van der Waals surface area contributed by atoms with Crippen LogP contribution < -0.4 is 10.2 Å². The van der Waals surface area contributed by atoms with E-state index in [4.69, 9.17) is 9.72 Å². The number of rotatable bonds is 7. The number of aromatic nitrogens is 1. The Labute approximate surface area is 222 Å². The Balaban J connectivity index is 1.10. The summed E-state index contributed by atoms with van der Waals surface area (Å²) in [6.07, 6.45) is 5.65. The normalized spacial score (nSPS) is 21.1. The molecule has 3 saturated heterocycles. The third-order valence-corrected chi connectivity index (χ3v) is 8.44. The molecule has 2 aromatic rings. The van der Waals surface area contributed by atoms with Gasteiger partial charge >= 0.3 is 0 Å². The maximum absolute atomic E-state index is 12.8. The number of piperidine rings is 1. The number of ether oxygens (including phenoxy) is 1. The molecule has 1 amide bonds. The Kier molecular flexibility index (Phi) is 9.08. The minimum atomic E-state index is -0.0674. The number of pyridine rings is 1. The van der Waals surface area contributed by atoms with E-state index in [0.717, 1.165) is 71.0 Å². The summed E-state index contributed by atoms with van der Waals surface area (Å²) in [5, 5.41) is 3.10. The monoisotopic (exact) mass is 505 g/mol. The molecule has 1 aromatic carbocycles. The molecule has 1 aromatic heterocycles. The summed E-state index contributed by atoms with van der Waals surface area (Å²) in [6.45, 7) is 12.1. The Hall–Kier alpha value is -2.48. The third kappa shape index (κ3) is 7.09. The first-order valence-electron chi connectivity index (χ1n) is 14.2. The van der Waals surface area contributed by atoms with Crippen LogP contribution in [0.2, 0.25) is 0 Å². The summed E-state index contributed by atoms with van der Waals surface area (Å²) in [7, 11) is 0. The highest BCUT2D eigenvalue weighted by molar-refractivity contribution is 5.92. The fourth-order valence-electron chi connectivity index (χ4n) is 6.01. The summed E-state index contributed by atoms with van der Waals surface area (Å²) in [5.74, 6) is 1.36. The van der Waals surface area contributed by atoms with E-state index in [1.54, 1.807) is 0 Å². The number of hydrogen-bond acceptors (Lipinski definition) is 6. The number of hydrogen-bond donors (Lipinski definition) is 1. The van der Waals surface area contributed by atoms with Crippen LogP contribution in [0.4, 0.5) is 5.82 Å². The Morgan fingerprint density at radius 2 is 1.76 bits per heavy atom. The molecule has 0 unspecified atom stereocenters. The average molecular weight is 506 g/mol.